The number of aromatic amines is 1. The van der Waals surface area contributed by atoms with Gasteiger partial charge in [-0.25, -0.2) is 14.1 Å². The van der Waals surface area contributed by atoms with E-state index in [1.54, 1.807) is 6.92 Å². The third kappa shape index (κ3) is 5.37. The lowest BCUT2D eigenvalue weighted by molar-refractivity contribution is -0.286. The summed E-state index contributed by atoms with van der Waals surface area (Å²) in [6, 6.07) is 6.51. The van der Waals surface area contributed by atoms with Crippen LogP contribution in [0.3, 0.4) is 0 Å². The van der Waals surface area contributed by atoms with Gasteiger partial charge in [-0.05, 0) is 31.2 Å². The van der Waals surface area contributed by atoms with Crippen LogP contribution in [0.4, 0.5) is 32.0 Å². The van der Waals surface area contributed by atoms with Gasteiger partial charge in [-0.3, -0.25) is 9.59 Å². The number of hydrogen-bond donors (Lipinski definition) is 1. The number of halogens is 6. The fourth-order valence-electron chi connectivity index (χ4n) is 4.05. The molecule has 1 aliphatic heterocycles. The third-order valence-corrected chi connectivity index (χ3v) is 5.68. The summed E-state index contributed by atoms with van der Waals surface area (Å²) in [7, 11) is 0. The molecule has 0 spiro atoms. The second-order valence-electron chi connectivity index (χ2n) is 8.45. The van der Waals surface area contributed by atoms with Crippen LogP contribution in [0.2, 0.25) is 0 Å². The number of alkyl halides is 5. The van der Waals surface area contributed by atoms with Crippen molar-refractivity contribution < 1.29 is 45.3 Å². The fourth-order valence-corrected chi connectivity index (χ4v) is 4.05. The highest BCUT2D eigenvalue weighted by Gasteiger charge is 2.43. The highest BCUT2D eigenvalue weighted by atomic mass is 19.4. The number of hydrogen-bond acceptors (Lipinski definition) is 7. The predicted molar refractivity (Wildman–Crippen MR) is 126 cm³/mol. The molecule has 1 aliphatic rings. The molecule has 0 aliphatic carbocycles. The number of likely N-dealkylation sites (N-methyl/N-ethyl adjacent to an activating group) is 1. The maximum atomic E-state index is 14.3. The highest BCUT2D eigenvalue weighted by Crippen LogP contribution is 2.43. The summed E-state index contributed by atoms with van der Waals surface area (Å²) in [5, 5.41) is 4.16. The number of H-pyrrole nitrogens is 1. The normalized spacial score (nSPS) is 14.0. The molecule has 4 aromatic rings. The van der Waals surface area contributed by atoms with Gasteiger partial charge in [-0.1, -0.05) is 0 Å². The summed E-state index contributed by atoms with van der Waals surface area (Å²) in [6.07, 6.45) is -7.37. The van der Waals surface area contributed by atoms with Gasteiger partial charge in [0.25, 0.3) is 5.56 Å². The topological polar surface area (TPSA) is 112 Å². The minimum atomic E-state index is -4.67. The molecule has 10 nitrogen and oxygen atoms in total. The Bertz CT molecular complexity index is 1670. The number of benzene rings is 2. The first-order valence-corrected chi connectivity index (χ1v) is 11.5. The summed E-state index contributed by atoms with van der Waals surface area (Å²) in [5.41, 5.74) is -0.905. The molecule has 2 aromatic carbocycles. The van der Waals surface area contributed by atoms with Crippen molar-refractivity contribution in [2.45, 2.75) is 25.9 Å². The van der Waals surface area contributed by atoms with Gasteiger partial charge >= 0.3 is 12.5 Å². The molecule has 1 N–H and O–H groups in total. The van der Waals surface area contributed by atoms with Gasteiger partial charge < -0.3 is 24.1 Å². The van der Waals surface area contributed by atoms with Crippen molar-refractivity contribution in [3.05, 3.63) is 58.9 Å². The lowest BCUT2D eigenvalue weighted by atomic mass is 10.1. The number of nitrogens with one attached hydrogen (secondary N) is 1. The average molecular weight is 569 g/mol. The van der Waals surface area contributed by atoms with Gasteiger partial charge in [0.05, 0.1) is 11.8 Å². The van der Waals surface area contributed by atoms with Crippen molar-refractivity contribution in [3.63, 3.8) is 0 Å². The van der Waals surface area contributed by atoms with E-state index in [0.717, 1.165) is 29.2 Å². The molecular weight excluding hydrogens is 552 g/mol. The van der Waals surface area contributed by atoms with Crippen molar-refractivity contribution in [1.82, 2.24) is 19.7 Å². The summed E-state index contributed by atoms with van der Waals surface area (Å²) in [6.45, 7) is -0.656. The standard InChI is InChI=1S/C24H17F6N5O5/c1-2-34(14-3-4-16-17(8-14)40-24(29,30)39-16)18(36)9-35-22(37)21-20(31-11-32-21)19(33-35)12-5-13(25)7-15(6-12)38-10-23(26,27)28/h3-8,11H,2,9-10H2,1H3,(H,31,32). The van der Waals surface area contributed by atoms with E-state index in [1.807, 2.05) is 0 Å². The van der Waals surface area contributed by atoms with Gasteiger partial charge in [0.1, 0.15) is 23.8 Å². The molecule has 1 amide bonds. The van der Waals surface area contributed by atoms with Gasteiger partial charge in [-0.15, -0.1) is 8.78 Å². The fraction of sp³-hybridized carbons (Fsp3) is 0.250. The molecule has 0 bridgehead atoms. The van der Waals surface area contributed by atoms with E-state index < -0.39 is 48.7 Å². The van der Waals surface area contributed by atoms with Crippen LogP contribution >= 0.6 is 0 Å². The Kier molecular flexibility index (Phi) is 6.55. The van der Waals surface area contributed by atoms with E-state index in [9.17, 15) is 35.9 Å². The van der Waals surface area contributed by atoms with Crippen LogP contribution in [-0.4, -0.2) is 51.3 Å². The molecule has 40 heavy (non-hydrogen) atoms. The highest BCUT2D eigenvalue weighted by molar-refractivity contribution is 5.94. The zero-order valence-corrected chi connectivity index (χ0v) is 20.3. The first-order chi connectivity index (χ1) is 18.8. The number of amides is 1. The monoisotopic (exact) mass is 569 g/mol. The van der Waals surface area contributed by atoms with Gasteiger partial charge in [0.2, 0.25) is 5.91 Å². The largest absolute Gasteiger partial charge is 0.586 e. The number of carbonyl (C=O) groups excluding carboxylic acids is 1. The van der Waals surface area contributed by atoms with Gasteiger partial charge in [0, 0.05) is 29.9 Å². The summed E-state index contributed by atoms with van der Waals surface area (Å²) >= 11 is 0. The van der Waals surface area contributed by atoms with Crippen LogP contribution in [0.1, 0.15) is 6.92 Å². The van der Waals surface area contributed by atoms with Crippen LogP contribution in [0.25, 0.3) is 22.3 Å². The summed E-state index contributed by atoms with van der Waals surface area (Å²) in [5.74, 6) is -2.59. The van der Waals surface area contributed by atoms with Crippen molar-refractivity contribution in [2.24, 2.45) is 0 Å². The van der Waals surface area contributed by atoms with E-state index in [0.29, 0.717) is 0 Å². The average Bonchev–Trinajstić information content (AvgIpc) is 3.47. The minimum absolute atomic E-state index is 0.0464. The number of nitrogens with zero attached hydrogens (tertiary/aromatic N) is 4. The zero-order chi connectivity index (χ0) is 28.8. The Balaban J connectivity index is 1.48. The van der Waals surface area contributed by atoms with E-state index in [2.05, 4.69) is 29.3 Å². The Labute approximate surface area is 219 Å². The molecule has 16 heteroatoms. The lowest BCUT2D eigenvalue weighted by Crippen LogP contribution is -2.37. The zero-order valence-electron chi connectivity index (χ0n) is 20.3. The quantitative estimate of drug-likeness (QED) is 0.332. The van der Waals surface area contributed by atoms with Crippen molar-refractivity contribution in [3.8, 4) is 28.5 Å². The van der Waals surface area contributed by atoms with Crippen LogP contribution in [0.5, 0.6) is 17.2 Å². The molecule has 210 valence electrons. The lowest BCUT2D eigenvalue weighted by Gasteiger charge is -2.21. The van der Waals surface area contributed by atoms with E-state index in [-0.39, 0.29) is 46.0 Å². The number of fused-ring (bicyclic) bond motifs is 2. The smallest absolute Gasteiger partial charge is 0.484 e. The second kappa shape index (κ2) is 9.77. The van der Waals surface area contributed by atoms with Crippen LogP contribution in [-0.2, 0) is 11.3 Å². The molecule has 0 saturated heterocycles. The SMILES string of the molecule is CCN(C(=O)Cn1nc(-c2cc(F)cc(OCC(F)(F)F)c2)c2[nH]cnc2c1=O)c1ccc2c(c1)OC(F)(F)O2. The van der Waals surface area contributed by atoms with Crippen molar-refractivity contribution >= 4 is 22.6 Å². The molecule has 0 radical (unpaired) electrons. The first kappa shape index (κ1) is 26.8. The first-order valence-electron chi connectivity index (χ1n) is 11.5. The number of ether oxygens (including phenoxy) is 3. The van der Waals surface area contributed by atoms with Crippen LogP contribution < -0.4 is 24.7 Å². The maximum Gasteiger partial charge on any atom is 0.586 e. The van der Waals surface area contributed by atoms with Gasteiger partial charge in [0.15, 0.2) is 23.6 Å². The molecule has 5 rings (SSSR count). The van der Waals surface area contributed by atoms with Crippen molar-refractivity contribution in [1.29, 1.82) is 0 Å². The second-order valence-corrected chi connectivity index (χ2v) is 8.45. The number of aromatic nitrogens is 4. The van der Waals surface area contributed by atoms with Gasteiger partial charge in [-0.2, -0.15) is 18.3 Å². The third-order valence-electron chi connectivity index (χ3n) is 5.68. The van der Waals surface area contributed by atoms with E-state index in [1.165, 1.54) is 23.1 Å². The van der Waals surface area contributed by atoms with E-state index in [4.69, 9.17) is 0 Å². The number of imidazole rings is 1. The summed E-state index contributed by atoms with van der Waals surface area (Å²) in [4.78, 5) is 34.0. The Morgan fingerprint density at radius 3 is 2.62 bits per heavy atom. The molecule has 0 atom stereocenters. The van der Waals surface area contributed by atoms with Crippen LogP contribution in [0.15, 0.2) is 47.5 Å². The Morgan fingerprint density at radius 1 is 1.15 bits per heavy atom. The Morgan fingerprint density at radius 2 is 1.90 bits per heavy atom. The summed E-state index contributed by atoms with van der Waals surface area (Å²) < 4.78 is 93.1. The molecule has 0 fully saturated rings. The van der Waals surface area contributed by atoms with Crippen LogP contribution in [0, 0.1) is 5.82 Å². The maximum absolute atomic E-state index is 14.3. The molecule has 3 heterocycles. The number of carbonyl (C=O) groups is 1. The molecular formula is C24H17F6N5O5. The van der Waals surface area contributed by atoms with E-state index >= 15 is 0 Å². The molecule has 0 unspecified atom stereocenters. The minimum Gasteiger partial charge on any atom is -0.484 e. The van der Waals surface area contributed by atoms with Crippen molar-refractivity contribution in [2.75, 3.05) is 18.1 Å². The Hall–Kier alpha value is -4.76. The molecule has 2 aromatic heterocycles. The number of anilines is 1. The predicted octanol–water partition coefficient (Wildman–Crippen LogP) is 4.24. The number of rotatable bonds is 7. The molecule has 0 saturated carbocycles.